The molecule has 0 aromatic heterocycles. The van der Waals surface area contributed by atoms with Crippen LogP contribution in [0.25, 0.3) is 0 Å². The molecule has 1 rings (SSSR count). The zero-order valence-electron chi connectivity index (χ0n) is 10.5. The van der Waals surface area contributed by atoms with E-state index in [9.17, 15) is 13.2 Å². The number of amides is 1. The van der Waals surface area contributed by atoms with Crippen LogP contribution < -0.4 is 5.48 Å². The first-order valence-electron chi connectivity index (χ1n) is 5.34. The number of hydroxylamine groups is 1. The van der Waals surface area contributed by atoms with E-state index in [1.54, 1.807) is 6.92 Å². The van der Waals surface area contributed by atoms with Crippen molar-refractivity contribution in [1.29, 1.82) is 0 Å². The van der Waals surface area contributed by atoms with Gasteiger partial charge in [-0.3, -0.25) is 9.63 Å². The summed E-state index contributed by atoms with van der Waals surface area (Å²) < 4.78 is 24.7. The molecule has 0 saturated carbocycles. The molecular formula is C11H16N2O4S. The first kappa shape index (κ1) is 14.6. The van der Waals surface area contributed by atoms with Gasteiger partial charge in [0, 0.05) is 19.7 Å². The van der Waals surface area contributed by atoms with Crippen molar-refractivity contribution in [1.82, 2.24) is 9.79 Å². The van der Waals surface area contributed by atoms with Crippen molar-refractivity contribution in [3.63, 3.8) is 0 Å². The molecule has 7 heteroatoms. The van der Waals surface area contributed by atoms with Crippen LogP contribution in [-0.2, 0) is 14.9 Å². The Balaban J connectivity index is 2.90. The van der Waals surface area contributed by atoms with Gasteiger partial charge in [-0.25, -0.2) is 18.2 Å². The summed E-state index contributed by atoms with van der Waals surface area (Å²) in [5, 5.41) is 0. The molecular weight excluding hydrogens is 256 g/mol. The number of nitrogens with one attached hydrogen (secondary N) is 1. The summed E-state index contributed by atoms with van der Waals surface area (Å²) in [4.78, 5) is 16.4. The maximum atomic E-state index is 11.8. The molecule has 1 aromatic rings. The second-order valence-electron chi connectivity index (χ2n) is 3.68. The minimum Gasteiger partial charge on any atom is -0.274 e. The average molecular weight is 272 g/mol. The van der Waals surface area contributed by atoms with Gasteiger partial charge in [0.05, 0.1) is 11.5 Å². The van der Waals surface area contributed by atoms with Gasteiger partial charge in [0.15, 0.2) is 0 Å². The summed E-state index contributed by atoms with van der Waals surface area (Å²) in [6.07, 6.45) is 0. The Morgan fingerprint density at radius 2 is 1.83 bits per heavy atom. The van der Waals surface area contributed by atoms with E-state index in [0.717, 1.165) is 4.31 Å². The van der Waals surface area contributed by atoms with E-state index >= 15 is 0 Å². The quantitative estimate of drug-likeness (QED) is 0.797. The van der Waals surface area contributed by atoms with E-state index in [1.165, 1.54) is 38.4 Å². The topological polar surface area (TPSA) is 75.7 Å². The number of hydrogen-bond donors (Lipinski definition) is 1. The Hall–Kier alpha value is -1.44. The van der Waals surface area contributed by atoms with Crippen molar-refractivity contribution in [2.45, 2.75) is 11.8 Å². The van der Waals surface area contributed by atoms with Crippen LogP contribution in [0, 0.1) is 0 Å². The first-order chi connectivity index (χ1) is 8.39. The highest BCUT2D eigenvalue weighted by molar-refractivity contribution is 7.89. The predicted molar refractivity (Wildman–Crippen MR) is 66.4 cm³/mol. The Morgan fingerprint density at radius 1 is 1.28 bits per heavy atom. The van der Waals surface area contributed by atoms with Crippen LogP contribution in [0.2, 0.25) is 0 Å². The lowest BCUT2D eigenvalue weighted by Crippen LogP contribution is -2.24. The van der Waals surface area contributed by atoms with Gasteiger partial charge in [0.1, 0.15) is 0 Å². The van der Waals surface area contributed by atoms with E-state index in [4.69, 9.17) is 4.84 Å². The molecule has 1 aromatic carbocycles. The van der Waals surface area contributed by atoms with Gasteiger partial charge in [0.25, 0.3) is 5.91 Å². The lowest BCUT2D eigenvalue weighted by molar-refractivity contribution is 0.0364. The fraction of sp³-hybridized carbons (Fsp3) is 0.364. The number of rotatable bonds is 5. The van der Waals surface area contributed by atoms with Crippen LogP contribution in [0.5, 0.6) is 0 Å². The van der Waals surface area contributed by atoms with Gasteiger partial charge >= 0.3 is 0 Å². The number of hydrogen-bond acceptors (Lipinski definition) is 4. The largest absolute Gasteiger partial charge is 0.274 e. The van der Waals surface area contributed by atoms with Crippen molar-refractivity contribution in [2.75, 3.05) is 20.7 Å². The fourth-order valence-corrected chi connectivity index (χ4v) is 2.09. The van der Waals surface area contributed by atoms with Gasteiger partial charge in [0.2, 0.25) is 10.0 Å². The highest BCUT2D eigenvalue weighted by atomic mass is 32.2. The number of carbonyl (C=O) groups excluding carboxylic acids is 1. The molecule has 0 fully saturated rings. The number of carbonyl (C=O) groups is 1. The second-order valence-corrected chi connectivity index (χ2v) is 5.83. The highest BCUT2D eigenvalue weighted by Gasteiger charge is 2.17. The molecule has 0 atom stereocenters. The van der Waals surface area contributed by atoms with Gasteiger partial charge in [-0.2, -0.15) is 0 Å². The number of benzene rings is 1. The van der Waals surface area contributed by atoms with Crippen LogP contribution in [0.4, 0.5) is 0 Å². The molecule has 0 saturated heterocycles. The molecule has 0 bridgehead atoms. The van der Waals surface area contributed by atoms with Gasteiger partial charge in [-0.15, -0.1) is 0 Å². The van der Waals surface area contributed by atoms with E-state index < -0.39 is 15.9 Å². The molecule has 100 valence electrons. The Kier molecular flexibility index (Phi) is 4.83. The minimum atomic E-state index is -3.47. The number of nitrogens with zero attached hydrogens (tertiary/aromatic N) is 1. The maximum Gasteiger partial charge on any atom is 0.274 e. The Bertz CT molecular complexity index is 508. The zero-order chi connectivity index (χ0) is 13.8. The molecule has 18 heavy (non-hydrogen) atoms. The molecule has 0 aliphatic carbocycles. The van der Waals surface area contributed by atoms with Gasteiger partial charge < -0.3 is 0 Å². The van der Waals surface area contributed by atoms with Crippen LogP contribution >= 0.6 is 0 Å². The normalized spacial score (nSPS) is 11.6. The molecule has 0 unspecified atom stereocenters. The summed E-state index contributed by atoms with van der Waals surface area (Å²) in [6, 6.07) is 5.64. The summed E-state index contributed by atoms with van der Waals surface area (Å²) in [7, 11) is -0.567. The summed E-state index contributed by atoms with van der Waals surface area (Å²) in [5.41, 5.74) is 2.57. The van der Waals surface area contributed by atoms with Crippen molar-refractivity contribution in [3.8, 4) is 0 Å². The first-order valence-corrected chi connectivity index (χ1v) is 6.78. The molecule has 0 aliphatic heterocycles. The van der Waals surface area contributed by atoms with E-state index in [0.29, 0.717) is 12.2 Å². The molecule has 6 nitrogen and oxygen atoms in total. The van der Waals surface area contributed by atoms with E-state index in [2.05, 4.69) is 5.48 Å². The highest BCUT2D eigenvalue weighted by Crippen LogP contribution is 2.13. The molecule has 0 radical (unpaired) electrons. The van der Waals surface area contributed by atoms with E-state index in [1.807, 2.05) is 0 Å². The predicted octanol–water partition coefficient (Wildman–Crippen LogP) is 0.618. The maximum absolute atomic E-state index is 11.8. The van der Waals surface area contributed by atoms with Crippen molar-refractivity contribution >= 4 is 15.9 Å². The van der Waals surface area contributed by atoms with Crippen molar-refractivity contribution in [3.05, 3.63) is 29.8 Å². The monoisotopic (exact) mass is 272 g/mol. The van der Waals surface area contributed by atoms with Gasteiger partial charge in [-0.1, -0.05) is 0 Å². The SMILES string of the molecule is CCONC(=O)c1ccc(S(=O)(=O)N(C)C)cc1. The molecule has 0 aliphatic rings. The lowest BCUT2D eigenvalue weighted by atomic mass is 10.2. The summed E-state index contributed by atoms with van der Waals surface area (Å²) in [6.45, 7) is 2.10. The van der Waals surface area contributed by atoms with Crippen molar-refractivity contribution in [2.24, 2.45) is 0 Å². The lowest BCUT2D eigenvalue weighted by Gasteiger charge is -2.11. The smallest absolute Gasteiger partial charge is 0.274 e. The Labute approximate surface area is 107 Å². The third-order valence-electron chi connectivity index (χ3n) is 2.20. The Morgan fingerprint density at radius 3 is 2.28 bits per heavy atom. The summed E-state index contributed by atoms with van der Waals surface area (Å²) >= 11 is 0. The standard InChI is InChI=1S/C11H16N2O4S/c1-4-17-12-11(14)9-5-7-10(8-6-9)18(15,16)13(2)3/h5-8H,4H2,1-3H3,(H,12,14). The van der Waals surface area contributed by atoms with Crippen LogP contribution in [-0.4, -0.2) is 39.3 Å². The van der Waals surface area contributed by atoms with Crippen LogP contribution in [0.1, 0.15) is 17.3 Å². The molecule has 1 amide bonds. The second kappa shape index (κ2) is 5.94. The molecule has 0 heterocycles. The zero-order valence-corrected chi connectivity index (χ0v) is 11.3. The average Bonchev–Trinajstić information content (AvgIpc) is 2.35. The fourth-order valence-electron chi connectivity index (χ4n) is 1.19. The van der Waals surface area contributed by atoms with E-state index in [-0.39, 0.29) is 4.90 Å². The molecule has 0 spiro atoms. The third kappa shape index (κ3) is 3.28. The summed E-state index contributed by atoms with van der Waals surface area (Å²) in [5.74, 6) is -0.411. The van der Waals surface area contributed by atoms with Crippen LogP contribution in [0.3, 0.4) is 0 Å². The van der Waals surface area contributed by atoms with Crippen LogP contribution in [0.15, 0.2) is 29.2 Å². The number of sulfonamides is 1. The van der Waals surface area contributed by atoms with Crippen molar-refractivity contribution < 1.29 is 18.0 Å². The van der Waals surface area contributed by atoms with Gasteiger partial charge in [-0.05, 0) is 31.2 Å². The third-order valence-corrected chi connectivity index (χ3v) is 4.03. The minimum absolute atomic E-state index is 0.139. The molecule has 1 N–H and O–H groups in total.